The zero-order valence-corrected chi connectivity index (χ0v) is 12.8. The van der Waals surface area contributed by atoms with Crippen LogP contribution in [0.2, 0.25) is 0 Å². The van der Waals surface area contributed by atoms with Crippen LogP contribution in [0.15, 0.2) is 16.7 Å². The van der Waals surface area contributed by atoms with Gasteiger partial charge in [-0.1, -0.05) is 23.1 Å². The van der Waals surface area contributed by atoms with E-state index in [0.717, 1.165) is 22.5 Å². The van der Waals surface area contributed by atoms with E-state index in [2.05, 4.69) is 32.0 Å². The lowest BCUT2D eigenvalue weighted by atomic mass is 10.6. The lowest BCUT2D eigenvalue weighted by molar-refractivity contribution is 0.168. The van der Waals surface area contributed by atoms with E-state index in [-0.39, 0.29) is 0 Å². The molecule has 2 rings (SSSR count). The Hall–Kier alpha value is -1.61. The third kappa shape index (κ3) is 3.94. The summed E-state index contributed by atoms with van der Waals surface area (Å²) < 4.78 is 7.63. The van der Waals surface area contributed by atoms with E-state index < -0.39 is 6.09 Å². The number of amides is 1. The van der Waals surface area contributed by atoms with Crippen LogP contribution < -0.4 is 5.32 Å². The number of nitrogens with one attached hydrogen (secondary N) is 1. The molecule has 2 aromatic heterocycles. The highest BCUT2D eigenvalue weighted by Gasteiger charge is 2.10. The van der Waals surface area contributed by atoms with Crippen molar-refractivity contribution in [3.63, 3.8) is 0 Å². The normalized spacial score (nSPS) is 10.5. The summed E-state index contributed by atoms with van der Waals surface area (Å²) in [4.78, 5) is 15.5. The van der Waals surface area contributed by atoms with Crippen molar-refractivity contribution in [3.8, 4) is 0 Å². The molecule has 9 heteroatoms. The summed E-state index contributed by atoms with van der Waals surface area (Å²) in [7, 11) is 0. The maximum atomic E-state index is 11.2. The zero-order valence-electron chi connectivity index (χ0n) is 11.2. The summed E-state index contributed by atoms with van der Waals surface area (Å²) in [5.41, 5.74) is 0. The number of aryl methyl sites for hydroxylation is 1. The highest BCUT2D eigenvalue weighted by atomic mass is 32.2. The van der Waals surface area contributed by atoms with Gasteiger partial charge in [-0.05, 0) is 13.8 Å². The minimum absolute atomic E-state index is 0.325. The van der Waals surface area contributed by atoms with E-state index in [1.807, 2.05) is 6.20 Å². The summed E-state index contributed by atoms with van der Waals surface area (Å²) in [6, 6.07) is 0. The van der Waals surface area contributed by atoms with Gasteiger partial charge >= 0.3 is 6.09 Å². The first-order valence-electron chi connectivity index (χ1n) is 6.13. The van der Waals surface area contributed by atoms with Crippen LogP contribution in [0.1, 0.15) is 19.7 Å². The van der Waals surface area contributed by atoms with E-state index in [1.54, 1.807) is 13.1 Å². The van der Waals surface area contributed by atoms with Gasteiger partial charge in [-0.3, -0.25) is 5.32 Å². The van der Waals surface area contributed by atoms with Crippen molar-refractivity contribution in [1.29, 1.82) is 0 Å². The molecule has 0 radical (unpaired) electrons. The third-order valence-electron chi connectivity index (χ3n) is 2.36. The van der Waals surface area contributed by atoms with Crippen LogP contribution in [-0.4, -0.2) is 32.4 Å². The number of ether oxygens (including phenoxy) is 1. The topological polar surface area (TPSA) is 81.9 Å². The average molecular weight is 313 g/mol. The molecule has 2 aromatic rings. The smallest absolute Gasteiger partial charge is 0.413 e. The molecule has 1 N–H and O–H groups in total. The predicted molar refractivity (Wildman–Crippen MR) is 78.0 cm³/mol. The minimum Gasteiger partial charge on any atom is -0.450 e. The lowest BCUT2D eigenvalue weighted by Gasteiger charge is -2.02. The summed E-state index contributed by atoms with van der Waals surface area (Å²) in [5, 5.41) is 10.9. The highest BCUT2D eigenvalue weighted by molar-refractivity contribution is 8.00. The Labute approximate surface area is 124 Å². The number of hydrogen-bond acceptors (Lipinski definition) is 7. The van der Waals surface area contributed by atoms with Gasteiger partial charge in [-0.15, -0.1) is 10.2 Å². The summed E-state index contributed by atoms with van der Waals surface area (Å²) in [5.74, 6) is 1.71. The van der Waals surface area contributed by atoms with E-state index in [4.69, 9.17) is 4.74 Å². The van der Waals surface area contributed by atoms with Crippen LogP contribution in [0, 0.1) is 0 Å². The molecule has 0 saturated carbocycles. The van der Waals surface area contributed by atoms with Gasteiger partial charge in [-0.2, -0.15) is 0 Å². The van der Waals surface area contributed by atoms with Crippen molar-refractivity contribution in [2.24, 2.45) is 0 Å². The third-order valence-corrected chi connectivity index (χ3v) is 4.33. The molecule has 20 heavy (non-hydrogen) atoms. The van der Waals surface area contributed by atoms with E-state index in [0.29, 0.717) is 11.7 Å². The van der Waals surface area contributed by atoms with E-state index in [9.17, 15) is 4.79 Å². The molecule has 0 aromatic carbocycles. The molecule has 0 spiro atoms. The molecule has 7 nitrogen and oxygen atoms in total. The van der Waals surface area contributed by atoms with Crippen molar-refractivity contribution in [3.05, 3.63) is 18.2 Å². The molecule has 0 aliphatic heterocycles. The minimum atomic E-state index is -0.512. The summed E-state index contributed by atoms with van der Waals surface area (Å²) in [6.45, 7) is 5.03. The molecular formula is C11H15N5O2S2. The van der Waals surface area contributed by atoms with Crippen LogP contribution in [-0.2, 0) is 17.0 Å². The van der Waals surface area contributed by atoms with Crippen molar-refractivity contribution < 1.29 is 9.53 Å². The lowest BCUT2D eigenvalue weighted by Crippen LogP contribution is -2.12. The quantitative estimate of drug-likeness (QED) is 0.652. The molecule has 2 heterocycles. The second-order valence-electron chi connectivity index (χ2n) is 3.64. The maximum Gasteiger partial charge on any atom is 0.413 e. The molecule has 108 valence electrons. The van der Waals surface area contributed by atoms with Crippen LogP contribution in [0.3, 0.4) is 0 Å². The van der Waals surface area contributed by atoms with Crippen LogP contribution >= 0.6 is 23.1 Å². The molecule has 0 fully saturated rings. The Balaban J connectivity index is 1.88. The zero-order chi connectivity index (χ0) is 14.4. The number of nitrogens with zero attached hydrogens (tertiary/aromatic N) is 4. The Morgan fingerprint density at radius 2 is 2.35 bits per heavy atom. The number of aromatic nitrogens is 4. The van der Waals surface area contributed by atoms with Crippen LogP contribution in [0.4, 0.5) is 9.93 Å². The number of thioether (sulfide) groups is 1. The van der Waals surface area contributed by atoms with Crippen LogP contribution in [0.25, 0.3) is 0 Å². The molecule has 0 atom stereocenters. The fourth-order valence-electron chi connectivity index (χ4n) is 1.47. The summed E-state index contributed by atoms with van der Waals surface area (Å²) >= 11 is 2.85. The van der Waals surface area contributed by atoms with Gasteiger partial charge < -0.3 is 9.30 Å². The summed E-state index contributed by atoms with van der Waals surface area (Å²) in [6.07, 6.45) is 3.22. The number of rotatable bonds is 6. The fraction of sp³-hybridized carbons (Fsp3) is 0.455. The van der Waals surface area contributed by atoms with Gasteiger partial charge in [-0.25, -0.2) is 9.78 Å². The average Bonchev–Trinajstić information content (AvgIpc) is 3.05. The van der Waals surface area contributed by atoms with Gasteiger partial charge in [0.1, 0.15) is 5.82 Å². The van der Waals surface area contributed by atoms with Crippen molar-refractivity contribution in [1.82, 2.24) is 19.7 Å². The maximum absolute atomic E-state index is 11.2. The van der Waals surface area contributed by atoms with Gasteiger partial charge in [0.25, 0.3) is 0 Å². The molecule has 0 aliphatic rings. The Kier molecular flexibility index (Phi) is 5.36. The number of imidazole rings is 1. The van der Waals surface area contributed by atoms with Crippen molar-refractivity contribution >= 4 is 34.3 Å². The molecule has 0 bridgehead atoms. The Morgan fingerprint density at radius 3 is 3.10 bits per heavy atom. The number of carbonyl (C=O) groups excluding carboxylic acids is 1. The first kappa shape index (κ1) is 14.8. The first-order valence-corrected chi connectivity index (χ1v) is 7.93. The standard InChI is InChI=1S/C11H15N5O2S2/c1-3-16-6-5-12-8(16)7-19-11-15-14-9(20-11)13-10(17)18-4-2/h5-6H,3-4,7H2,1-2H3,(H,13,14,17). The second-order valence-corrected chi connectivity index (χ2v) is 5.84. The number of hydrogen-bond donors (Lipinski definition) is 1. The molecular weight excluding hydrogens is 298 g/mol. The molecule has 0 unspecified atom stereocenters. The number of anilines is 1. The largest absolute Gasteiger partial charge is 0.450 e. The molecule has 0 saturated heterocycles. The molecule has 1 amide bonds. The van der Waals surface area contributed by atoms with Gasteiger partial charge in [0.15, 0.2) is 4.34 Å². The van der Waals surface area contributed by atoms with Crippen LogP contribution in [0.5, 0.6) is 0 Å². The highest BCUT2D eigenvalue weighted by Crippen LogP contribution is 2.27. The van der Waals surface area contributed by atoms with Gasteiger partial charge in [0.2, 0.25) is 5.13 Å². The van der Waals surface area contributed by atoms with Gasteiger partial charge in [0, 0.05) is 18.9 Å². The first-order chi connectivity index (χ1) is 9.72. The Bertz CT molecular complexity index is 569. The van der Waals surface area contributed by atoms with Crippen molar-refractivity contribution in [2.45, 2.75) is 30.5 Å². The Morgan fingerprint density at radius 1 is 1.50 bits per heavy atom. The monoisotopic (exact) mass is 313 g/mol. The second kappa shape index (κ2) is 7.25. The van der Waals surface area contributed by atoms with Gasteiger partial charge in [0.05, 0.1) is 12.4 Å². The fourth-order valence-corrected chi connectivity index (χ4v) is 3.17. The van der Waals surface area contributed by atoms with Crippen molar-refractivity contribution in [2.75, 3.05) is 11.9 Å². The predicted octanol–water partition coefficient (Wildman–Crippen LogP) is 2.62. The van der Waals surface area contributed by atoms with E-state index >= 15 is 0 Å². The molecule has 0 aliphatic carbocycles. The van der Waals surface area contributed by atoms with E-state index in [1.165, 1.54) is 23.1 Å². The SMILES string of the molecule is CCOC(=O)Nc1nnc(SCc2nccn2CC)s1. The number of carbonyl (C=O) groups is 1.